The molecule has 0 fully saturated rings. The van der Waals surface area contributed by atoms with Gasteiger partial charge in [-0.15, -0.1) is 0 Å². The van der Waals surface area contributed by atoms with Crippen molar-refractivity contribution in [1.82, 2.24) is 0 Å². The monoisotopic (exact) mass is 876 g/mol. The van der Waals surface area contributed by atoms with Crippen LogP contribution in [0.5, 0.6) is 0 Å². The highest BCUT2D eigenvalue weighted by Crippen LogP contribution is 2.48. The molecule has 0 bridgehead atoms. The fourth-order valence-electron chi connectivity index (χ4n) is 10.4. The minimum Gasteiger partial charge on any atom is -0.311 e. The fraction of sp³-hybridized carbons (Fsp3) is 0. The van der Waals surface area contributed by atoms with Gasteiger partial charge in [-0.25, -0.2) is 9.80 Å². The van der Waals surface area contributed by atoms with E-state index in [1.54, 1.807) is 24.3 Å². The van der Waals surface area contributed by atoms with E-state index >= 15 is 0 Å². The van der Waals surface area contributed by atoms with Crippen LogP contribution in [0.3, 0.4) is 0 Å². The van der Waals surface area contributed by atoms with Crippen LogP contribution in [0.15, 0.2) is 218 Å². The van der Waals surface area contributed by atoms with Gasteiger partial charge >= 0.3 is 0 Å². The molecular weight excluding hydrogens is 841 g/mol. The summed E-state index contributed by atoms with van der Waals surface area (Å²) in [5, 5.41) is 6.11. The number of fused-ring (bicyclic) bond motifs is 2. The van der Waals surface area contributed by atoms with Gasteiger partial charge in [-0.1, -0.05) is 97.1 Å². The molecule has 11 aromatic carbocycles. The number of amides is 4. The van der Waals surface area contributed by atoms with E-state index in [-0.39, 0.29) is 0 Å². The number of hydrogen-bond donors (Lipinski definition) is 0. The fourth-order valence-corrected chi connectivity index (χ4v) is 10.4. The molecule has 320 valence electrons. The van der Waals surface area contributed by atoms with Gasteiger partial charge in [0, 0.05) is 67.2 Å². The zero-order valence-corrected chi connectivity index (χ0v) is 36.2. The summed E-state index contributed by atoms with van der Waals surface area (Å²) in [5.74, 6) is -1.63. The molecule has 0 N–H and O–H groups in total. The molecule has 0 spiro atoms. The Hall–Kier alpha value is -9.40. The molecule has 13 rings (SSSR count). The first-order valence-electron chi connectivity index (χ1n) is 22.4. The van der Waals surface area contributed by atoms with Gasteiger partial charge in [-0.2, -0.15) is 0 Å². The quantitative estimate of drug-likeness (QED) is 0.0859. The second-order valence-corrected chi connectivity index (χ2v) is 17.1. The van der Waals surface area contributed by atoms with E-state index in [1.165, 1.54) is 9.80 Å². The summed E-state index contributed by atoms with van der Waals surface area (Å²) in [7, 11) is 0. The number of carbonyl (C=O) groups is 4. The largest absolute Gasteiger partial charge is 0.311 e. The first-order valence-corrected chi connectivity index (χ1v) is 22.4. The normalized spacial score (nSPS) is 13.4. The second-order valence-electron chi connectivity index (χ2n) is 17.1. The topological polar surface area (TPSA) is 81.2 Å². The number of rotatable bonds is 8. The highest BCUT2D eigenvalue weighted by atomic mass is 16.2. The van der Waals surface area contributed by atoms with Crippen LogP contribution in [0.2, 0.25) is 0 Å². The summed E-state index contributed by atoms with van der Waals surface area (Å²) in [6.07, 6.45) is 0. The van der Waals surface area contributed by atoms with E-state index in [9.17, 15) is 19.2 Å². The van der Waals surface area contributed by atoms with Gasteiger partial charge in [0.05, 0.1) is 11.4 Å². The van der Waals surface area contributed by atoms with Gasteiger partial charge in [-0.05, 0) is 154 Å². The van der Waals surface area contributed by atoms with Crippen LogP contribution >= 0.6 is 0 Å². The molecule has 2 aliphatic rings. The Labute approximate surface area is 390 Å². The van der Waals surface area contributed by atoms with Gasteiger partial charge in [-0.3, -0.25) is 19.2 Å². The van der Waals surface area contributed by atoms with Crippen molar-refractivity contribution in [1.29, 1.82) is 0 Å². The predicted octanol–water partition coefficient (Wildman–Crippen LogP) is 14.3. The molecule has 0 saturated heterocycles. The molecule has 8 heteroatoms. The first-order chi connectivity index (χ1) is 33.4. The first kappa shape index (κ1) is 39.0. The van der Waals surface area contributed by atoms with Gasteiger partial charge in [0.15, 0.2) is 0 Å². The van der Waals surface area contributed by atoms with Crippen molar-refractivity contribution in [2.45, 2.75) is 0 Å². The molecule has 0 radical (unpaired) electrons. The summed E-state index contributed by atoms with van der Waals surface area (Å²) < 4.78 is 0. The Balaban J connectivity index is 0.868. The van der Waals surface area contributed by atoms with Crippen molar-refractivity contribution >= 4 is 112 Å². The van der Waals surface area contributed by atoms with E-state index < -0.39 is 23.6 Å². The molecule has 8 nitrogen and oxygen atoms in total. The van der Waals surface area contributed by atoms with Crippen molar-refractivity contribution in [2.75, 3.05) is 19.6 Å². The molecule has 0 aliphatic carbocycles. The lowest BCUT2D eigenvalue weighted by Gasteiger charge is -2.31. The number of hydrogen-bond acceptors (Lipinski definition) is 6. The number of carbonyl (C=O) groups excluding carboxylic acids is 4. The Bertz CT molecular complexity index is 3410. The van der Waals surface area contributed by atoms with E-state index in [0.29, 0.717) is 44.4 Å². The standard InChI is InChI=1S/C60H36N4O4/c65-57-49-33-29-45-47-31-35-51-56-52(60(68)64(59(51)67)44-27-23-42(24-28-44)62(39-17-9-3-10-18-39)40-19-11-4-12-20-40)36-32-48(54(47)56)46-30-34-50(55(49)53(45)46)58(66)63(57)43-25-21-41(22-26-43)61(37-13-5-1-6-14-37)38-15-7-2-8-16-38/h1-36H. The lowest BCUT2D eigenvalue weighted by molar-refractivity contribution is 0.0877. The Morgan fingerprint density at radius 1 is 0.235 bits per heavy atom. The third kappa shape index (κ3) is 5.74. The maximum atomic E-state index is 14.6. The molecule has 2 aliphatic heterocycles. The van der Waals surface area contributed by atoms with Crippen molar-refractivity contribution in [2.24, 2.45) is 0 Å². The zero-order valence-electron chi connectivity index (χ0n) is 36.2. The molecule has 0 atom stereocenters. The highest BCUT2D eigenvalue weighted by molar-refractivity contribution is 6.45. The minimum atomic E-state index is -0.407. The zero-order chi connectivity index (χ0) is 45.6. The summed E-state index contributed by atoms with van der Waals surface area (Å²) in [4.78, 5) is 65.1. The summed E-state index contributed by atoms with van der Waals surface area (Å²) in [5.41, 5.74) is 8.30. The number of anilines is 8. The molecule has 11 aromatic rings. The van der Waals surface area contributed by atoms with Crippen molar-refractivity contribution < 1.29 is 19.2 Å². The highest BCUT2D eigenvalue weighted by Gasteiger charge is 2.38. The van der Waals surface area contributed by atoms with Crippen LogP contribution in [0.4, 0.5) is 45.5 Å². The van der Waals surface area contributed by atoms with Gasteiger partial charge in [0.2, 0.25) is 0 Å². The molecule has 0 saturated carbocycles. The lowest BCUT2D eigenvalue weighted by atomic mass is 9.82. The summed E-state index contributed by atoms with van der Waals surface area (Å²) in [6, 6.07) is 70.1. The number of nitrogens with zero attached hydrogens (tertiary/aromatic N) is 4. The lowest BCUT2D eigenvalue weighted by Crippen LogP contribution is -2.40. The van der Waals surface area contributed by atoms with E-state index in [2.05, 4.69) is 9.80 Å². The second kappa shape index (κ2) is 15.1. The summed E-state index contributed by atoms with van der Waals surface area (Å²) >= 11 is 0. The number of benzene rings is 11. The molecule has 2 heterocycles. The molecule has 68 heavy (non-hydrogen) atoms. The molecular formula is C60H36N4O4. The average molecular weight is 877 g/mol. The maximum Gasteiger partial charge on any atom is 0.265 e. The van der Waals surface area contributed by atoms with Gasteiger partial charge < -0.3 is 9.80 Å². The average Bonchev–Trinajstić information content (AvgIpc) is 3.39. The Kier molecular flexibility index (Phi) is 8.65. The Morgan fingerprint density at radius 3 is 0.721 bits per heavy atom. The maximum absolute atomic E-state index is 14.6. The van der Waals surface area contributed by atoms with Crippen LogP contribution in [0, 0.1) is 0 Å². The van der Waals surface area contributed by atoms with Crippen molar-refractivity contribution in [3.8, 4) is 0 Å². The van der Waals surface area contributed by atoms with Crippen molar-refractivity contribution in [3.63, 3.8) is 0 Å². The Morgan fingerprint density at radius 2 is 0.471 bits per heavy atom. The van der Waals surface area contributed by atoms with E-state index in [4.69, 9.17) is 0 Å². The van der Waals surface area contributed by atoms with Crippen LogP contribution in [0.1, 0.15) is 41.4 Å². The van der Waals surface area contributed by atoms with Crippen molar-refractivity contribution in [3.05, 3.63) is 241 Å². The van der Waals surface area contributed by atoms with Crippen LogP contribution in [-0.4, -0.2) is 23.6 Å². The smallest absolute Gasteiger partial charge is 0.265 e. The third-order valence-corrected chi connectivity index (χ3v) is 13.4. The molecule has 0 aromatic heterocycles. The third-order valence-electron chi connectivity index (χ3n) is 13.4. The number of imide groups is 2. The van der Waals surface area contributed by atoms with Gasteiger partial charge in [0.25, 0.3) is 23.6 Å². The van der Waals surface area contributed by atoms with Gasteiger partial charge in [0.1, 0.15) is 0 Å². The minimum absolute atomic E-state index is 0.407. The van der Waals surface area contributed by atoms with Crippen LogP contribution < -0.4 is 19.6 Å². The van der Waals surface area contributed by atoms with E-state index in [1.807, 2.05) is 194 Å². The predicted molar refractivity (Wildman–Crippen MR) is 272 cm³/mol. The number of para-hydroxylation sites is 4. The SMILES string of the molecule is O=C1c2ccc3c4ccc5c6c(ccc(c7ccc(c2c37)C(=O)N1c1ccc(N(c2ccccc2)c2ccccc2)cc1)c64)C(=O)N(c1ccc(N(c2ccccc2)c2ccccc2)cc1)C5=O. The molecule has 0 unspecified atom stereocenters. The summed E-state index contributed by atoms with van der Waals surface area (Å²) in [6.45, 7) is 0. The van der Waals surface area contributed by atoms with Crippen LogP contribution in [0.25, 0.3) is 43.1 Å². The molecule has 4 amide bonds. The van der Waals surface area contributed by atoms with E-state index in [0.717, 1.165) is 66.4 Å². The van der Waals surface area contributed by atoms with Crippen LogP contribution in [-0.2, 0) is 0 Å².